The number of carbonyl (C=O) groups is 2. The Morgan fingerprint density at radius 2 is 2.18 bits per heavy atom. The number of fused-ring (bicyclic) bond motifs is 1. The fraction of sp³-hybridized carbons (Fsp3) is 0.833. The van der Waals surface area contributed by atoms with Crippen molar-refractivity contribution in [3.63, 3.8) is 0 Å². The van der Waals surface area contributed by atoms with Crippen LogP contribution in [0.5, 0.6) is 0 Å². The molecule has 0 spiro atoms. The summed E-state index contributed by atoms with van der Waals surface area (Å²) in [6.45, 7) is 2.75. The van der Waals surface area contributed by atoms with Gasteiger partial charge in [-0.3, -0.25) is 9.59 Å². The summed E-state index contributed by atoms with van der Waals surface area (Å²) in [5.74, 6) is 0.745. The molecule has 3 atom stereocenters. The molecule has 3 rings (SSSR count). The third-order valence-corrected chi connectivity index (χ3v) is 4.20. The molecule has 0 saturated carbocycles. The Morgan fingerprint density at radius 1 is 1.29 bits per heavy atom. The molecule has 3 fully saturated rings. The van der Waals surface area contributed by atoms with Crippen LogP contribution in [0.2, 0.25) is 0 Å². The van der Waals surface area contributed by atoms with Crippen LogP contribution in [0.25, 0.3) is 0 Å². The first-order chi connectivity index (χ1) is 8.24. The summed E-state index contributed by atoms with van der Waals surface area (Å²) in [5.41, 5.74) is 0. The van der Waals surface area contributed by atoms with Gasteiger partial charge in [-0.2, -0.15) is 0 Å². The van der Waals surface area contributed by atoms with Crippen molar-refractivity contribution in [1.29, 1.82) is 0 Å². The van der Waals surface area contributed by atoms with Crippen LogP contribution in [0, 0.1) is 5.92 Å². The monoisotopic (exact) mass is 237 g/mol. The van der Waals surface area contributed by atoms with Crippen LogP contribution < -0.4 is 10.6 Å². The Morgan fingerprint density at radius 3 is 2.88 bits per heavy atom. The molecule has 0 aromatic rings. The fourth-order valence-electron chi connectivity index (χ4n) is 3.25. The highest BCUT2D eigenvalue weighted by Crippen LogP contribution is 2.26. The normalized spacial score (nSPS) is 36.8. The van der Waals surface area contributed by atoms with Gasteiger partial charge in [-0.05, 0) is 31.7 Å². The Kier molecular flexibility index (Phi) is 2.78. The topological polar surface area (TPSA) is 61.4 Å². The maximum atomic E-state index is 12.2. The maximum Gasteiger partial charge on any atom is 0.245 e. The van der Waals surface area contributed by atoms with Gasteiger partial charge >= 0.3 is 0 Å². The molecular formula is C12H19N3O2. The van der Waals surface area contributed by atoms with E-state index in [2.05, 4.69) is 10.6 Å². The Hall–Kier alpha value is -1.10. The van der Waals surface area contributed by atoms with Crippen molar-refractivity contribution >= 4 is 11.8 Å². The first-order valence-electron chi connectivity index (χ1n) is 6.55. The third kappa shape index (κ3) is 2.04. The summed E-state index contributed by atoms with van der Waals surface area (Å²) in [5, 5.41) is 6.25. The van der Waals surface area contributed by atoms with Gasteiger partial charge in [0, 0.05) is 25.6 Å². The van der Waals surface area contributed by atoms with E-state index in [9.17, 15) is 9.59 Å². The number of amides is 2. The highest BCUT2D eigenvalue weighted by molar-refractivity contribution is 5.91. The average molecular weight is 237 g/mol. The summed E-state index contributed by atoms with van der Waals surface area (Å²) in [7, 11) is 0. The lowest BCUT2D eigenvalue weighted by Gasteiger charge is -2.24. The lowest BCUT2D eigenvalue weighted by molar-refractivity contribution is -0.133. The van der Waals surface area contributed by atoms with Crippen LogP contribution in [0.1, 0.15) is 25.7 Å². The number of carbonyl (C=O) groups excluding carboxylic acids is 2. The van der Waals surface area contributed by atoms with E-state index in [1.54, 1.807) is 0 Å². The Labute approximate surface area is 101 Å². The Balaban J connectivity index is 1.62. The van der Waals surface area contributed by atoms with Crippen LogP contribution in [-0.2, 0) is 9.59 Å². The summed E-state index contributed by atoms with van der Waals surface area (Å²) in [6.07, 6.45) is 3.59. The number of nitrogens with zero attached hydrogens (tertiary/aromatic N) is 1. The third-order valence-electron chi connectivity index (χ3n) is 4.20. The molecule has 3 aliphatic rings. The standard InChI is InChI=1S/C12H19N3O2/c16-11-4-3-9(14-11)12(17)15-6-8-2-1-5-13-10(8)7-15/h8-10,13H,1-7H2,(H,14,16)/t8-,9?,10+/m0/s1. The van der Waals surface area contributed by atoms with Crippen LogP contribution >= 0.6 is 0 Å². The molecule has 17 heavy (non-hydrogen) atoms. The van der Waals surface area contributed by atoms with Gasteiger partial charge in [-0.1, -0.05) is 0 Å². The first-order valence-corrected chi connectivity index (χ1v) is 6.55. The summed E-state index contributed by atoms with van der Waals surface area (Å²) in [4.78, 5) is 25.3. The largest absolute Gasteiger partial charge is 0.344 e. The molecule has 0 aliphatic carbocycles. The van der Waals surface area contributed by atoms with Gasteiger partial charge in [-0.15, -0.1) is 0 Å². The second-order valence-electron chi connectivity index (χ2n) is 5.36. The van der Waals surface area contributed by atoms with Gasteiger partial charge in [0.15, 0.2) is 0 Å². The van der Waals surface area contributed by atoms with E-state index in [4.69, 9.17) is 0 Å². The molecule has 5 heteroatoms. The highest BCUT2D eigenvalue weighted by atomic mass is 16.2. The van der Waals surface area contributed by atoms with Gasteiger partial charge < -0.3 is 15.5 Å². The minimum Gasteiger partial charge on any atom is -0.344 e. The van der Waals surface area contributed by atoms with E-state index in [1.807, 2.05) is 4.90 Å². The number of likely N-dealkylation sites (tertiary alicyclic amines) is 1. The quantitative estimate of drug-likeness (QED) is 0.645. The van der Waals surface area contributed by atoms with Crippen LogP contribution in [0.4, 0.5) is 0 Å². The second kappa shape index (κ2) is 4.29. The number of nitrogens with one attached hydrogen (secondary N) is 2. The predicted octanol–water partition coefficient (Wildman–Crippen LogP) is -0.525. The minimum absolute atomic E-state index is 0.0121. The number of piperidine rings is 1. The SMILES string of the molecule is O=C1CCC(C(=O)N2C[C@@H]3CCCN[C@@H]3C2)N1. The molecule has 3 heterocycles. The van der Waals surface area contributed by atoms with Crippen molar-refractivity contribution in [1.82, 2.24) is 15.5 Å². The van der Waals surface area contributed by atoms with Gasteiger partial charge in [-0.25, -0.2) is 0 Å². The fourth-order valence-corrected chi connectivity index (χ4v) is 3.25. The van der Waals surface area contributed by atoms with Crippen LogP contribution in [0.15, 0.2) is 0 Å². The molecule has 1 unspecified atom stereocenters. The molecule has 0 radical (unpaired) electrons. The summed E-state index contributed by atoms with van der Waals surface area (Å²) < 4.78 is 0. The number of rotatable bonds is 1. The molecule has 3 aliphatic heterocycles. The smallest absolute Gasteiger partial charge is 0.245 e. The minimum atomic E-state index is -0.261. The van der Waals surface area contributed by atoms with E-state index < -0.39 is 0 Å². The van der Waals surface area contributed by atoms with Gasteiger partial charge in [0.1, 0.15) is 6.04 Å². The molecule has 5 nitrogen and oxygen atoms in total. The maximum absolute atomic E-state index is 12.2. The van der Waals surface area contributed by atoms with Gasteiger partial charge in [0.25, 0.3) is 0 Å². The zero-order valence-electron chi connectivity index (χ0n) is 9.95. The van der Waals surface area contributed by atoms with Crippen molar-refractivity contribution < 1.29 is 9.59 Å². The zero-order valence-corrected chi connectivity index (χ0v) is 9.95. The molecule has 0 bridgehead atoms. The van der Waals surface area contributed by atoms with E-state index >= 15 is 0 Å². The molecule has 3 saturated heterocycles. The zero-order chi connectivity index (χ0) is 11.8. The van der Waals surface area contributed by atoms with Crippen molar-refractivity contribution in [2.75, 3.05) is 19.6 Å². The molecule has 2 N–H and O–H groups in total. The van der Waals surface area contributed by atoms with Crippen LogP contribution in [0.3, 0.4) is 0 Å². The molecular weight excluding hydrogens is 218 g/mol. The van der Waals surface area contributed by atoms with E-state index in [0.717, 1.165) is 19.6 Å². The lowest BCUT2D eigenvalue weighted by atomic mass is 9.94. The van der Waals surface area contributed by atoms with Crippen LogP contribution in [-0.4, -0.2) is 48.4 Å². The van der Waals surface area contributed by atoms with Crippen molar-refractivity contribution in [3.05, 3.63) is 0 Å². The van der Waals surface area contributed by atoms with Crippen molar-refractivity contribution in [3.8, 4) is 0 Å². The van der Waals surface area contributed by atoms with Crippen molar-refractivity contribution in [2.24, 2.45) is 5.92 Å². The summed E-state index contributed by atoms with van der Waals surface area (Å²) in [6, 6.07) is 0.215. The summed E-state index contributed by atoms with van der Waals surface area (Å²) >= 11 is 0. The first kappa shape index (κ1) is 11.0. The lowest BCUT2D eigenvalue weighted by Crippen LogP contribution is -2.45. The predicted molar refractivity (Wildman–Crippen MR) is 62.3 cm³/mol. The molecule has 2 amide bonds. The van der Waals surface area contributed by atoms with Gasteiger partial charge in [0.05, 0.1) is 0 Å². The Bertz CT molecular complexity index is 331. The van der Waals surface area contributed by atoms with E-state index in [0.29, 0.717) is 24.8 Å². The second-order valence-corrected chi connectivity index (χ2v) is 5.36. The highest BCUT2D eigenvalue weighted by Gasteiger charge is 2.39. The van der Waals surface area contributed by atoms with E-state index in [-0.39, 0.29) is 17.9 Å². The molecule has 0 aromatic carbocycles. The number of hydrogen-bond donors (Lipinski definition) is 2. The molecule has 0 aromatic heterocycles. The van der Waals surface area contributed by atoms with E-state index in [1.165, 1.54) is 12.8 Å². The average Bonchev–Trinajstić information content (AvgIpc) is 2.93. The number of hydrogen-bond acceptors (Lipinski definition) is 3. The molecule has 94 valence electrons. The van der Waals surface area contributed by atoms with Crippen molar-refractivity contribution in [2.45, 2.75) is 37.8 Å². The van der Waals surface area contributed by atoms with Gasteiger partial charge in [0.2, 0.25) is 11.8 Å².